The Morgan fingerprint density at radius 2 is 1.95 bits per heavy atom. The van der Waals surface area contributed by atoms with Crippen molar-refractivity contribution in [2.24, 2.45) is 0 Å². The summed E-state index contributed by atoms with van der Waals surface area (Å²) in [5, 5.41) is 4.16. The molecule has 2 aliphatic heterocycles. The van der Waals surface area contributed by atoms with E-state index >= 15 is 0 Å². The molecule has 1 saturated heterocycles. The molecule has 0 aliphatic carbocycles. The summed E-state index contributed by atoms with van der Waals surface area (Å²) >= 11 is 12.4. The molecule has 2 aliphatic rings. The van der Waals surface area contributed by atoms with Gasteiger partial charge in [-0.25, -0.2) is 9.97 Å². The monoisotopic (exact) mass is 607 g/mol. The number of amides is 1. The number of nitrogens with zero attached hydrogens (tertiary/aromatic N) is 6. The normalized spacial score (nSPS) is 16.8. The average Bonchev–Trinajstić information content (AvgIpc) is 3.53. The van der Waals surface area contributed by atoms with Crippen LogP contribution in [0.4, 0.5) is 5.82 Å². The van der Waals surface area contributed by atoms with Crippen LogP contribution in [0.1, 0.15) is 23.2 Å². The van der Waals surface area contributed by atoms with E-state index in [0.717, 1.165) is 29.2 Å². The largest absolute Gasteiger partial charge is 0.486 e. The standard InChI is InChI=1S/C30H31Cl2N7O3/c1-20-13-27(36-30(35-20)38-8-7-33-19-38)39-10-9-37(17-21-5-6-24(31)25(32)14-21)18-23(39)15-28(40)34-16-22-3-2-4-26-29(22)42-12-11-41-26/h2-8,13-14,19,23H,9-12,15-18H2,1H3,(H,34,40). The summed E-state index contributed by atoms with van der Waals surface area (Å²) in [4.78, 5) is 31.5. The Kier molecular flexibility index (Phi) is 8.46. The smallest absolute Gasteiger partial charge is 0.237 e. The molecule has 42 heavy (non-hydrogen) atoms. The van der Waals surface area contributed by atoms with Gasteiger partial charge in [0.2, 0.25) is 11.9 Å². The van der Waals surface area contributed by atoms with E-state index in [-0.39, 0.29) is 18.4 Å². The van der Waals surface area contributed by atoms with Crippen molar-refractivity contribution in [1.29, 1.82) is 0 Å². The number of aryl methyl sites for hydroxylation is 1. The van der Waals surface area contributed by atoms with Crippen LogP contribution in [0.3, 0.4) is 0 Å². The van der Waals surface area contributed by atoms with Crippen molar-refractivity contribution in [3.8, 4) is 17.4 Å². The molecule has 4 aromatic rings. The van der Waals surface area contributed by atoms with E-state index in [1.165, 1.54) is 0 Å². The van der Waals surface area contributed by atoms with Crippen LogP contribution in [0.15, 0.2) is 61.2 Å². The summed E-state index contributed by atoms with van der Waals surface area (Å²) < 4.78 is 13.3. The van der Waals surface area contributed by atoms with Gasteiger partial charge in [0.05, 0.1) is 16.1 Å². The number of imidazole rings is 1. The number of aromatic nitrogens is 4. The first-order valence-electron chi connectivity index (χ1n) is 13.8. The van der Waals surface area contributed by atoms with Crippen molar-refractivity contribution in [3.63, 3.8) is 0 Å². The zero-order valence-corrected chi connectivity index (χ0v) is 24.7. The van der Waals surface area contributed by atoms with Gasteiger partial charge in [0.1, 0.15) is 25.4 Å². The predicted molar refractivity (Wildman–Crippen MR) is 161 cm³/mol. The molecular weight excluding hydrogens is 577 g/mol. The molecule has 12 heteroatoms. The number of para-hydroxylation sites is 1. The van der Waals surface area contributed by atoms with Crippen LogP contribution in [-0.2, 0) is 17.9 Å². The minimum atomic E-state index is -0.129. The van der Waals surface area contributed by atoms with Gasteiger partial charge in [-0.15, -0.1) is 0 Å². The van der Waals surface area contributed by atoms with Gasteiger partial charge in [0, 0.05) is 68.9 Å². The minimum absolute atomic E-state index is 0.0590. The molecule has 1 fully saturated rings. The van der Waals surface area contributed by atoms with E-state index in [9.17, 15) is 4.79 Å². The molecule has 4 heterocycles. The van der Waals surface area contributed by atoms with E-state index < -0.39 is 0 Å². The average molecular weight is 609 g/mol. The van der Waals surface area contributed by atoms with Gasteiger partial charge in [0.25, 0.3) is 0 Å². The lowest BCUT2D eigenvalue weighted by atomic mass is 10.1. The maximum atomic E-state index is 13.4. The Balaban J connectivity index is 1.21. The maximum Gasteiger partial charge on any atom is 0.237 e. The lowest BCUT2D eigenvalue weighted by Gasteiger charge is -2.42. The van der Waals surface area contributed by atoms with Crippen molar-refractivity contribution in [2.45, 2.75) is 32.5 Å². The first kappa shape index (κ1) is 28.3. The highest BCUT2D eigenvalue weighted by Crippen LogP contribution is 2.33. The van der Waals surface area contributed by atoms with E-state index in [0.29, 0.717) is 66.9 Å². The number of fused-ring (bicyclic) bond motifs is 1. The van der Waals surface area contributed by atoms with Crippen LogP contribution in [0.5, 0.6) is 11.5 Å². The molecule has 0 saturated carbocycles. The zero-order valence-electron chi connectivity index (χ0n) is 23.2. The molecule has 2 aromatic heterocycles. The lowest BCUT2D eigenvalue weighted by molar-refractivity contribution is -0.121. The highest BCUT2D eigenvalue weighted by molar-refractivity contribution is 6.42. The molecule has 0 radical (unpaired) electrons. The highest BCUT2D eigenvalue weighted by Gasteiger charge is 2.31. The molecule has 1 atom stereocenters. The maximum absolute atomic E-state index is 13.4. The fourth-order valence-corrected chi connectivity index (χ4v) is 5.69. The van der Waals surface area contributed by atoms with Crippen LogP contribution in [0.2, 0.25) is 10.0 Å². The Bertz CT molecular complexity index is 1570. The second-order valence-corrected chi connectivity index (χ2v) is 11.2. The lowest BCUT2D eigenvalue weighted by Crippen LogP contribution is -2.54. The fourth-order valence-electron chi connectivity index (χ4n) is 5.37. The predicted octanol–water partition coefficient (Wildman–Crippen LogP) is 4.45. The fraction of sp³-hybridized carbons (Fsp3) is 0.333. The third kappa shape index (κ3) is 6.46. The number of carbonyl (C=O) groups is 1. The first-order valence-corrected chi connectivity index (χ1v) is 14.6. The molecule has 1 unspecified atom stereocenters. The number of anilines is 1. The van der Waals surface area contributed by atoms with Crippen LogP contribution in [0, 0.1) is 6.92 Å². The van der Waals surface area contributed by atoms with E-state index in [2.05, 4.69) is 25.1 Å². The summed E-state index contributed by atoms with van der Waals surface area (Å²) in [6.07, 6.45) is 5.47. The van der Waals surface area contributed by atoms with Gasteiger partial charge in [-0.1, -0.05) is 41.4 Å². The molecule has 1 N–H and O–H groups in total. The van der Waals surface area contributed by atoms with Crippen molar-refractivity contribution >= 4 is 34.9 Å². The topological polar surface area (TPSA) is 97.6 Å². The number of hydrogen-bond donors (Lipinski definition) is 1. The Morgan fingerprint density at radius 1 is 1.07 bits per heavy atom. The minimum Gasteiger partial charge on any atom is -0.486 e. The van der Waals surface area contributed by atoms with Gasteiger partial charge < -0.3 is 19.7 Å². The molecule has 218 valence electrons. The number of carbonyl (C=O) groups excluding carboxylic acids is 1. The molecule has 1 amide bonds. The zero-order chi connectivity index (χ0) is 29.1. The van der Waals surface area contributed by atoms with E-state index in [4.69, 9.17) is 37.7 Å². The molecule has 2 aromatic carbocycles. The molecule has 0 bridgehead atoms. The van der Waals surface area contributed by atoms with Gasteiger partial charge in [-0.2, -0.15) is 4.98 Å². The van der Waals surface area contributed by atoms with Crippen LogP contribution >= 0.6 is 23.2 Å². The Morgan fingerprint density at radius 3 is 2.79 bits per heavy atom. The number of piperazine rings is 1. The van der Waals surface area contributed by atoms with Gasteiger partial charge in [-0.3, -0.25) is 14.3 Å². The van der Waals surface area contributed by atoms with Crippen molar-refractivity contribution in [3.05, 3.63) is 88.1 Å². The third-order valence-corrected chi connectivity index (χ3v) is 8.10. The van der Waals surface area contributed by atoms with Crippen molar-refractivity contribution in [1.82, 2.24) is 29.7 Å². The molecule has 10 nitrogen and oxygen atoms in total. The highest BCUT2D eigenvalue weighted by atomic mass is 35.5. The van der Waals surface area contributed by atoms with E-state index in [1.807, 2.05) is 55.6 Å². The second-order valence-electron chi connectivity index (χ2n) is 10.4. The Labute approximate surface area is 254 Å². The number of ether oxygens (including phenoxy) is 2. The van der Waals surface area contributed by atoms with Gasteiger partial charge in [0.15, 0.2) is 11.5 Å². The SMILES string of the molecule is Cc1cc(N2CCN(Cc3ccc(Cl)c(Cl)c3)CC2CC(=O)NCc2cccc3c2OCCO3)nc(-n2ccnc2)n1. The first-order chi connectivity index (χ1) is 20.4. The summed E-state index contributed by atoms with van der Waals surface area (Å²) in [6.45, 7) is 6.13. The van der Waals surface area contributed by atoms with Gasteiger partial charge >= 0.3 is 0 Å². The second kappa shape index (κ2) is 12.6. The van der Waals surface area contributed by atoms with Crippen LogP contribution in [-0.4, -0.2) is 69.2 Å². The Hall–Kier alpha value is -3.86. The number of nitrogens with one attached hydrogen (secondary N) is 1. The van der Waals surface area contributed by atoms with Gasteiger partial charge in [-0.05, 0) is 30.7 Å². The summed E-state index contributed by atoms with van der Waals surface area (Å²) in [7, 11) is 0. The molecule has 6 rings (SSSR count). The number of benzene rings is 2. The van der Waals surface area contributed by atoms with E-state index in [1.54, 1.807) is 17.1 Å². The van der Waals surface area contributed by atoms with Crippen molar-refractivity contribution < 1.29 is 14.3 Å². The summed E-state index contributed by atoms with van der Waals surface area (Å²) in [5.41, 5.74) is 2.79. The van der Waals surface area contributed by atoms with Crippen molar-refractivity contribution in [2.75, 3.05) is 37.7 Å². The number of hydrogen-bond acceptors (Lipinski definition) is 8. The third-order valence-electron chi connectivity index (χ3n) is 7.36. The molecule has 0 spiro atoms. The number of halogens is 2. The quantitative estimate of drug-likeness (QED) is 0.314. The number of rotatable bonds is 8. The summed E-state index contributed by atoms with van der Waals surface area (Å²) in [5.74, 6) is 2.66. The summed E-state index contributed by atoms with van der Waals surface area (Å²) in [6, 6.07) is 13.3. The van der Waals surface area contributed by atoms with Crippen LogP contribution in [0.25, 0.3) is 5.95 Å². The molecular formula is C30H31Cl2N7O3. The van der Waals surface area contributed by atoms with Crippen LogP contribution < -0.4 is 19.7 Å².